The van der Waals surface area contributed by atoms with Gasteiger partial charge in [0, 0.05) is 42.1 Å². The van der Waals surface area contributed by atoms with Crippen molar-refractivity contribution in [2.75, 3.05) is 10.6 Å². The molecule has 6 rings (SSSR count). The lowest BCUT2D eigenvalue weighted by Gasteiger charge is -2.09. The summed E-state index contributed by atoms with van der Waals surface area (Å²) in [5, 5.41) is 5.56. The first-order valence-electron chi connectivity index (χ1n) is 14.4. The van der Waals surface area contributed by atoms with Crippen LogP contribution in [-0.4, -0.2) is 11.8 Å². The number of benzene rings is 6. The lowest BCUT2D eigenvalue weighted by Crippen LogP contribution is -2.11. The Morgan fingerprint density at radius 3 is 1.15 bits per heavy atom. The van der Waals surface area contributed by atoms with Gasteiger partial charge in [0.2, 0.25) is 0 Å². The molecule has 9 heteroatoms. The molecule has 2 amide bonds. The van der Waals surface area contributed by atoms with Crippen molar-refractivity contribution in [2.45, 2.75) is 19.6 Å². The molecule has 232 valence electrons. The van der Waals surface area contributed by atoms with Crippen LogP contribution in [0.3, 0.4) is 0 Å². The maximum absolute atomic E-state index is 13.4. The first-order valence-corrected chi connectivity index (χ1v) is 16.1. The summed E-state index contributed by atoms with van der Waals surface area (Å²) in [4.78, 5) is 28.8. The molecule has 0 bridgehead atoms. The van der Waals surface area contributed by atoms with Crippen LogP contribution in [0.5, 0.6) is 11.5 Å². The number of halogens is 2. The molecule has 0 saturated heterocycles. The number of nitrogens with one attached hydrogen (secondary N) is 2. The Morgan fingerprint density at radius 2 is 0.809 bits per heavy atom. The van der Waals surface area contributed by atoms with Crippen molar-refractivity contribution in [3.05, 3.63) is 168 Å². The molecule has 0 saturated carbocycles. The van der Waals surface area contributed by atoms with Crippen molar-refractivity contribution >= 4 is 46.7 Å². The van der Waals surface area contributed by atoms with Gasteiger partial charge in [0.25, 0.3) is 11.8 Å². The van der Waals surface area contributed by atoms with Crippen LogP contribution >= 0.6 is 23.5 Å². The standard InChI is InChI=1S/C38H26F2N2O3S2/c39-27-5-1-3-25(23-27)37(43)41-29-7-15-33(16-8-29)46-35-19-11-31(12-20-35)45-32-13-21-36(22-14-32)47-34-17-9-30(10-18-34)42-38(44)26-4-2-6-28(40)24-26/h1-24H,(H,41,43)(H,42,44). The van der Waals surface area contributed by atoms with Gasteiger partial charge in [-0.25, -0.2) is 8.78 Å². The van der Waals surface area contributed by atoms with Gasteiger partial charge in [-0.15, -0.1) is 0 Å². The summed E-state index contributed by atoms with van der Waals surface area (Å²) >= 11 is 3.16. The number of hydrogen-bond donors (Lipinski definition) is 2. The second-order valence-corrected chi connectivity index (χ2v) is 12.5. The van der Waals surface area contributed by atoms with Gasteiger partial charge in [-0.3, -0.25) is 9.59 Å². The fourth-order valence-corrected chi connectivity index (χ4v) is 6.07. The topological polar surface area (TPSA) is 67.4 Å². The normalized spacial score (nSPS) is 10.7. The first-order chi connectivity index (χ1) is 22.9. The van der Waals surface area contributed by atoms with E-state index in [4.69, 9.17) is 4.74 Å². The smallest absolute Gasteiger partial charge is 0.255 e. The van der Waals surface area contributed by atoms with Crippen molar-refractivity contribution in [3.8, 4) is 11.5 Å². The van der Waals surface area contributed by atoms with Crippen LogP contribution in [0.1, 0.15) is 20.7 Å². The molecule has 47 heavy (non-hydrogen) atoms. The second kappa shape index (κ2) is 14.8. The van der Waals surface area contributed by atoms with Crippen LogP contribution in [0, 0.1) is 11.6 Å². The molecule has 0 aliphatic carbocycles. The van der Waals surface area contributed by atoms with E-state index in [1.54, 1.807) is 35.7 Å². The van der Waals surface area contributed by atoms with Gasteiger partial charge < -0.3 is 15.4 Å². The minimum atomic E-state index is -0.455. The van der Waals surface area contributed by atoms with Crippen molar-refractivity contribution < 1.29 is 23.1 Å². The fourth-order valence-electron chi connectivity index (χ4n) is 4.44. The summed E-state index contributed by atoms with van der Waals surface area (Å²) in [6, 6.07) is 41.6. The van der Waals surface area contributed by atoms with E-state index in [-0.39, 0.29) is 22.9 Å². The summed E-state index contributed by atoms with van der Waals surface area (Å²) in [5.41, 5.74) is 1.77. The van der Waals surface area contributed by atoms with Crippen molar-refractivity contribution in [1.29, 1.82) is 0 Å². The lowest BCUT2D eigenvalue weighted by molar-refractivity contribution is 0.101. The van der Waals surface area contributed by atoms with Gasteiger partial charge in [-0.2, -0.15) is 0 Å². The summed E-state index contributed by atoms with van der Waals surface area (Å²) < 4.78 is 32.9. The van der Waals surface area contributed by atoms with E-state index in [1.165, 1.54) is 36.4 Å². The molecule has 0 atom stereocenters. The molecule has 0 spiro atoms. The average Bonchev–Trinajstić information content (AvgIpc) is 3.08. The van der Waals surface area contributed by atoms with Gasteiger partial charge >= 0.3 is 0 Å². The van der Waals surface area contributed by atoms with E-state index in [9.17, 15) is 18.4 Å². The molecule has 0 radical (unpaired) electrons. The predicted octanol–water partition coefficient (Wildman–Crippen LogP) is 10.6. The molecule has 6 aromatic carbocycles. The summed E-state index contributed by atoms with van der Waals surface area (Å²) in [7, 11) is 0. The Bertz CT molecular complexity index is 1860. The number of anilines is 2. The molecule has 0 fully saturated rings. The van der Waals surface area contributed by atoms with Gasteiger partial charge in [0.05, 0.1) is 0 Å². The van der Waals surface area contributed by atoms with E-state index in [1.807, 2.05) is 97.1 Å². The zero-order valence-corrected chi connectivity index (χ0v) is 26.3. The van der Waals surface area contributed by atoms with Gasteiger partial charge in [-0.05, 0) is 133 Å². The fraction of sp³-hybridized carbons (Fsp3) is 0. The highest BCUT2D eigenvalue weighted by atomic mass is 32.2. The highest BCUT2D eigenvalue weighted by molar-refractivity contribution is 7.99. The van der Waals surface area contributed by atoms with Gasteiger partial charge in [0.1, 0.15) is 23.1 Å². The van der Waals surface area contributed by atoms with Gasteiger partial charge in [-0.1, -0.05) is 35.7 Å². The molecule has 0 aliphatic heterocycles. The first kappa shape index (κ1) is 31.6. The molecule has 5 nitrogen and oxygen atoms in total. The number of amides is 2. The summed E-state index contributed by atoms with van der Waals surface area (Å²) in [5.74, 6) is -0.228. The molecule has 6 aromatic rings. The maximum atomic E-state index is 13.4. The van der Waals surface area contributed by atoms with E-state index in [2.05, 4.69) is 10.6 Å². The third-order valence-electron chi connectivity index (χ3n) is 6.75. The minimum absolute atomic E-state index is 0.261. The lowest BCUT2D eigenvalue weighted by atomic mass is 10.2. The van der Waals surface area contributed by atoms with E-state index < -0.39 is 11.6 Å². The average molecular weight is 661 g/mol. The molecular formula is C38H26F2N2O3S2. The largest absolute Gasteiger partial charge is 0.457 e. The highest BCUT2D eigenvalue weighted by Crippen LogP contribution is 2.33. The number of carbonyl (C=O) groups is 2. The highest BCUT2D eigenvalue weighted by Gasteiger charge is 2.09. The van der Waals surface area contributed by atoms with Gasteiger partial charge in [0.15, 0.2) is 0 Å². The molecule has 0 heterocycles. The minimum Gasteiger partial charge on any atom is -0.457 e. The zero-order valence-electron chi connectivity index (χ0n) is 24.7. The number of hydrogen-bond acceptors (Lipinski definition) is 5. The summed E-state index contributed by atoms with van der Waals surface area (Å²) in [6.07, 6.45) is 0. The van der Waals surface area contributed by atoms with Crippen LogP contribution in [0.15, 0.2) is 165 Å². The number of rotatable bonds is 10. The zero-order chi connectivity index (χ0) is 32.6. The van der Waals surface area contributed by atoms with Crippen LogP contribution in [0.4, 0.5) is 20.2 Å². The third-order valence-corrected chi connectivity index (χ3v) is 8.78. The van der Waals surface area contributed by atoms with Crippen LogP contribution < -0.4 is 15.4 Å². The van der Waals surface area contributed by atoms with E-state index in [0.717, 1.165) is 19.6 Å². The molecule has 2 N–H and O–H groups in total. The monoisotopic (exact) mass is 660 g/mol. The molecular weight excluding hydrogens is 635 g/mol. The molecule has 0 aromatic heterocycles. The van der Waals surface area contributed by atoms with Crippen molar-refractivity contribution in [3.63, 3.8) is 0 Å². The van der Waals surface area contributed by atoms with Crippen LogP contribution in [-0.2, 0) is 0 Å². The van der Waals surface area contributed by atoms with Crippen molar-refractivity contribution in [1.82, 2.24) is 0 Å². The molecule has 0 aliphatic rings. The summed E-state index contributed by atoms with van der Waals surface area (Å²) in [6.45, 7) is 0. The Morgan fingerprint density at radius 1 is 0.468 bits per heavy atom. The van der Waals surface area contributed by atoms with Crippen molar-refractivity contribution in [2.24, 2.45) is 0 Å². The third kappa shape index (κ3) is 8.88. The number of ether oxygens (including phenoxy) is 1. The Hall–Kier alpha value is -5.38. The van der Waals surface area contributed by atoms with Crippen LogP contribution in [0.25, 0.3) is 0 Å². The predicted molar refractivity (Wildman–Crippen MR) is 183 cm³/mol. The van der Waals surface area contributed by atoms with Crippen LogP contribution in [0.2, 0.25) is 0 Å². The Balaban J connectivity index is 0.977. The van der Waals surface area contributed by atoms with E-state index >= 15 is 0 Å². The SMILES string of the molecule is O=C(Nc1ccc(Sc2ccc(Oc3ccc(Sc4ccc(NC(=O)c5cccc(F)c5)cc4)cc3)cc2)cc1)c1cccc(F)c1. The van der Waals surface area contributed by atoms with E-state index in [0.29, 0.717) is 22.9 Å². The second-order valence-electron chi connectivity index (χ2n) is 10.2. The maximum Gasteiger partial charge on any atom is 0.255 e. The quantitative estimate of drug-likeness (QED) is 0.153. The molecule has 0 unspecified atom stereocenters. The Kier molecular flexibility index (Phi) is 9.95. The number of carbonyl (C=O) groups excluding carboxylic acids is 2. The Labute approximate surface area is 279 Å².